The molecular weight excluding hydrogens is 250 g/mol. The first-order valence-electron chi connectivity index (χ1n) is 6.30. The van der Waals surface area contributed by atoms with E-state index >= 15 is 0 Å². The van der Waals surface area contributed by atoms with Crippen LogP contribution in [0.2, 0.25) is 5.02 Å². The van der Waals surface area contributed by atoms with Gasteiger partial charge in [-0.3, -0.25) is 4.79 Å². The van der Waals surface area contributed by atoms with Gasteiger partial charge in [0.05, 0.1) is 6.54 Å². The van der Waals surface area contributed by atoms with Gasteiger partial charge in [-0.15, -0.1) is 0 Å². The van der Waals surface area contributed by atoms with Gasteiger partial charge in [-0.1, -0.05) is 18.0 Å². The maximum absolute atomic E-state index is 11.9. The number of halogens is 1. The molecule has 0 radical (unpaired) electrons. The Balaban J connectivity index is 1.71. The Morgan fingerprint density at radius 2 is 2.06 bits per heavy atom. The maximum Gasteiger partial charge on any atom is 0.225 e. The molecule has 0 atom stereocenters. The third-order valence-corrected chi connectivity index (χ3v) is 3.59. The molecule has 0 aliphatic heterocycles. The van der Waals surface area contributed by atoms with E-state index in [9.17, 15) is 4.79 Å². The molecule has 0 saturated heterocycles. The summed E-state index contributed by atoms with van der Waals surface area (Å²) in [4.78, 5) is 13.6. The predicted octanol–water partition coefficient (Wildman–Crippen LogP) is 2.98. The highest BCUT2D eigenvalue weighted by Crippen LogP contribution is 2.27. The van der Waals surface area contributed by atoms with Crippen LogP contribution in [-0.4, -0.2) is 31.0 Å². The number of benzene rings is 1. The van der Waals surface area contributed by atoms with Crippen molar-refractivity contribution >= 4 is 17.5 Å². The van der Waals surface area contributed by atoms with E-state index in [1.54, 1.807) is 17.0 Å². The predicted molar refractivity (Wildman–Crippen MR) is 71.9 cm³/mol. The molecule has 98 valence electrons. The molecule has 2 rings (SSSR count). The quantitative estimate of drug-likeness (QED) is 0.821. The molecule has 4 heteroatoms. The van der Waals surface area contributed by atoms with Gasteiger partial charge in [0, 0.05) is 18.0 Å². The Morgan fingerprint density at radius 1 is 1.39 bits per heavy atom. The van der Waals surface area contributed by atoms with Gasteiger partial charge in [0.2, 0.25) is 5.91 Å². The van der Waals surface area contributed by atoms with Gasteiger partial charge in [-0.05, 0) is 37.1 Å². The zero-order valence-electron chi connectivity index (χ0n) is 10.6. The Hall–Kier alpha value is -1.22. The summed E-state index contributed by atoms with van der Waals surface area (Å²) in [6, 6.07) is 7.24. The van der Waals surface area contributed by atoms with Crippen molar-refractivity contribution in [3.8, 4) is 5.75 Å². The average Bonchev–Trinajstić information content (AvgIpc) is 2.29. The highest BCUT2D eigenvalue weighted by Gasteiger charge is 2.27. The van der Waals surface area contributed by atoms with Crippen molar-refractivity contribution < 1.29 is 9.53 Å². The molecule has 1 aliphatic carbocycles. The molecule has 0 unspecified atom stereocenters. The first kappa shape index (κ1) is 13.2. The summed E-state index contributed by atoms with van der Waals surface area (Å²) in [6.07, 6.45) is 3.27. The molecule has 1 aliphatic rings. The monoisotopic (exact) mass is 267 g/mol. The van der Waals surface area contributed by atoms with E-state index in [-0.39, 0.29) is 11.8 Å². The number of ether oxygens (including phenoxy) is 1. The number of hydrogen-bond donors (Lipinski definition) is 0. The number of hydrogen-bond acceptors (Lipinski definition) is 2. The van der Waals surface area contributed by atoms with Crippen molar-refractivity contribution in [2.45, 2.75) is 19.3 Å². The van der Waals surface area contributed by atoms with Crippen LogP contribution in [0.1, 0.15) is 19.3 Å². The molecule has 0 aromatic heterocycles. The second kappa shape index (κ2) is 6.10. The minimum atomic E-state index is 0.251. The van der Waals surface area contributed by atoms with Crippen LogP contribution in [0.3, 0.4) is 0 Å². The summed E-state index contributed by atoms with van der Waals surface area (Å²) in [7, 11) is 1.84. The zero-order chi connectivity index (χ0) is 13.0. The van der Waals surface area contributed by atoms with Gasteiger partial charge in [0.25, 0.3) is 0 Å². The van der Waals surface area contributed by atoms with Gasteiger partial charge in [-0.25, -0.2) is 0 Å². The third kappa shape index (κ3) is 3.39. The smallest absolute Gasteiger partial charge is 0.225 e. The SMILES string of the molecule is CN(CCOc1ccc(Cl)cc1)C(=O)C1CCC1. The van der Waals surface area contributed by atoms with Crippen LogP contribution < -0.4 is 4.74 Å². The molecule has 18 heavy (non-hydrogen) atoms. The molecule has 0 spiro atoms. The Labute approximate surface area is 113 Å². The lowest BCUT2D eigenvalue weighted by Gasteiger charge is -2.29. The minimum absolute atomic E-state index is 0.251. The number of amides is 1. The van der Waals surface area contributed by atoms with Crippen molar-refractivity contribution in [3.05, 3.63) is 29.3 Å². The van der Waals surface area contributed by atoms with Gasteiger partial charge in [0.15, 0.2) is 0 Å². The Kier molecular flexibility index (Phi) is 4.48. The molecule has 0 heterocycles. The normalized spacial score (nSPS) is 15.0. The fourth-order valence-corrected chi connectivity index (χ4v) is 2.03. The molecule has 0 N–H and O–H groups in total. The van der Waals surface area contributed by atoms with E-state index in [2.05, 4.69) is 0 Å². The van der Waals surface area contributed by atoms with Crippen LogP contribution in [0, 0.1) is 5.92 Å². The minimum Gasteiger partial charge on any atom is -0.492 e. The molecule has 3 nitrogen and oxygen atoms in total. The third-order valence-electron chi connectivity index (χ3n) is 3.34. The summed E-state index contributed by atoms with van der Waals surface area (Å²) in [5, 5.41) is 0.694. The first-order chi connectivity index (χ1) is 8.66. The van der Waals surface area contributed by atoms with E-state index < -0.39 is 0 Å². The van der Waals surface area contributed by atoms with Crippen molar-refractivity contribution in [2.75, 3.05) is 20.2 Å². The fourth-order valence-electron chi connectivity index (χ4n) is 1.91. The van der Waals surface area contributed by atoms with Gasteiger partial charge >= 0.3 is 0 Å². The summed E-state index contributed by atoms with van der Waals surface area (Å²) >= 11 is 5.79. The molecule has 1 amide bonds. The van der Waals surface area contributed by atoms with Crippen LogP contribution in [0.5, 0.6) is 5.75 Å². The number of nitrogens with zero attached hydrogens (tertiary/aromatic N) is 1. The van der Waals surface area contributed by atoms with Crippen LogP contribution in [0.25, 0.3) is 0 Å². The van der Waals surface area contributed by atoms with Crippen molar-refractivity contribution in [1.82, 2.24) is 4.90 Å². The molecule has 1 fully saturated rings. The van der Waals surface area contributed by atoms with Crippen molar-refractivity contribution in [1.29, 1.82) is 0 Å². The number of carbonyl (C=O) groups is 1. The van der Waals surface area contributed by atoms with E-state index in [0.717, 1.165) is 18.6 Å². The van der Waals surface area contributed by atoms with Crippen LogP contribution in [-0.2, 0) is 4.79 Å². The van der Waals surface area contributed by atoms with Gasteiger partial charge < -0.3 is 9.64 Å². The highest BCUT2D eigenvalue weighted by atomic mass is 35.5. The van der Waals surface area contributed by atoms with E-state index in [1.807, 2.05) is 19.2 Å². The first-order valence-corrected chi connectivity index (χ1v) is 6.68. The lowest BCUT2D eigenvalue weighted by Crippen LogP contribution is -2.38. The van der Waals surface area contributed by atoms with E-state index in [1.165, 1.54) is 6.42 Å². The standard InChI is InChI=1S/C14H18ClNO2/c1-16(14(17)11-3-2-4-11)9-10-18-13-7-5-12(15)6-8-13/h5-8,11H,2-4,9-10H2,1H3. The van der Waals surface area contributed by atoms with E-state index in [4.69, 9.17) is 16.3 Å². The van der Waals surface area contributed by atoms with Crippen molar-refractivity contribution in [2.24, 2.45) is 5.92 Å². The lowest BCUT2D eigenvalue weighted by atomic mass is 9.84. The summed E-state index contributed by atoms with van der Waals surface area (Å²) in [5.74, 6) is 1.29. The van der Waals surface area contributed by atoms with E-state index in [0.29, 0.717) is 18.2 Å². The zero-order valence-corrected chi connectivity index (χ0v) is 11.3. The number of likely N-dealkylation sites (N-methyl/N-ethyl adjacent to an activating group) is 1. The second-order valence-electron chi connectivity index (χ2n) is 4.69. The number of rotatable bonds is 5. The maximum atomic E-state index is 11.9. The van der Waals surface area contributed by atoms with Gasteiger partial charge in [0.1, 0.15) is 12.4 Å². The topological polar surface area (TPSA) is 29.5 Å². The Morgan fingerprint density at radius 3 is 2.61 bits per heavy atom. The summed E-state index contributed by atoms with van der Waals surface area (Å²) < 4.78 is 5.56. The average molecular weight is 268 g/mol. The molecule has 1 aromatic carbocycles. The summed E-state index contributed by atoms with van der Waals surface area (Å²) in [6.45, 7) is 1.13. The van der Waals surface area contributed by atoms with Crippen LogP contribution >= 0.6 is 11.6 Å². The molecule has 1 saturated carbocycles. The van der Waals surface area contributed by atoms with Crippen molar-refractivity contribution in [3.63, 3.8) is 0 Å². The van der Waals surface area contributed by atoms with Crippen LogP contribution in [0.15, 0.2) is 24.3 Å². The van der Waals surface area contributed by atoms with Crippen LogP contribution in [0.4, 0.5) is 0 Å². The molecule has 0 bridgehead atoms. The van der Waals surface area contributed by atoms with Gasteiger partial charge in [-0.2, -0.15) is 0 Å². The second-order valence-corrected chi connectivity index (χ2v) is 5.13. The Bertz CT molecular complexity index is 401. The summed E-state index contributed by atoms with van der Waals surface area (Å²) in [5.41, 5.74) is 0. The number of carbonyl (C=O) groups excluding carboxylic acids is 1. The molecular formula is C14H18ClNO2. The largest absolute Gasteiger partial charge is 0.492 e. The molecule has 1 aromatic rings. The lowest BCUT2D eigenvalue weighted by molar-refractivity contribution is -0.137. The fraction of sp³-hybridized carbons (Fsp3) is 0.500. The highest BCUT2D eigenvalue weighted by molar-refractivity contribution is 6.30.